The number of fused-ring (bicyclic) bond motifs is 1. The molecule has 5 aromatic rings. The van der Waals surface area contributed by atoms with Crippen molar-refractivity contribution >= 4 is 22.9 Å². The molecule has 0 saturated heterocycles. The predicted octanol–water partition coefficient (Wildman–Crippen LogP) is 1.73. The first kappa shape index (κ1) is 26.0. The Morgan fingerprint density at radius 2 is 1.80 bits per heavy atom. The minimum absolute atomic E-state index is 0.0306. The molecule has 6 rings (SSSR count). The van der Waals surface area contributed by atoms with Gasteiger partial charge in [-0.15, -0.1) is 0 Å². The molecule has 1 aliphatic carbocycles. The van der Waals surface area contributed by atoms with Gasteiger partial charge in [0.25, 0.3) is 11.5 Å². The molecule has 0 aromatic carbocycles. The van der Waals surface area contributed by atoms with E-state index in [-0.39, 0.29) is 34.8 Å². The molecule has 1 N–H and O–H groups in total. The van der Waals surface area contributed by atoms with Crippen molar-refractivity contribution in [3.63, 3.8) is 0 Å². The lowest BCUT2D eigenvalue weighted by Crippen LogP contribution is -2.41. The van der Waals surface area contributed by atoms with Gasteiger partial charge in [0, 0.05) is 31.2 Å². The zero-order valence-electron chi connectivity index (χ0n) is 21.2. The van der Waals surface area contributed by atoms with E-state index in [1.807, 2.05) is 0 Å². The van der Waals surface area contributed by atoms with Crippen LogP contribution in [0, 0.1) is 0 Å². The lowest BCUT2D eigenvalue weighted by Gasteiger charge is -2.18. The number of pyridine rings is 1. The molecule has 0 bridgehead atoms. The standard InChI is InChI=1S/C25H19F3N10O3/c1-36-19-18(20(39)37(23(36)41)12-15-4-2-3-7-30-15)38(13-33-19)24(5-6-24)22(40)35-17-11-29-10-16(34-17)14-8-31-21(32-9-14)25(26,27)28/h2-4,7-11,13H,5-6,12H2,1H3,(H,34,35,40). The zero-order chi connectivity index (χ0) is 28.9. The monoisotopic (exact) mass is 564 g/mol. The van der Waals surface area contributed by atoms with Crippen molar-refractivity contribution < 1.29 is 18.0 Å². The predicted molar refractivity (Wildman–Crippen MR) is 136 cm³/mol. The van der Waals surface area contributed by atoms with E-state index in [2.05, 4.69) is 35.2 Å². The van der Waals surface area contributed by atoms with Crippen LogP contribution in [-0.4, -0.2) is 49.5 Å². The number of carbonyl (C=O) groups excluding carboxylic acids is 1. The number of rotatable bonds is 6. The third-order valence-electron chi connectivity index (χ3n) is 6.76. The molecule has 41 heavy (non-hydrogen) atoms. The van der Waals surface area contributed by atoms with Crippen LogP contribution in [0.4, 0.5) is 19.0 Å². The fourth-order valence-electron chi connectivity index (χ4n) is 4.49. The molecule has 5 heterocycles. The van der Waals surface area contributed by atoms with Crippen LogP contribution in [0.25, 0.3) is 22.4 Å². The van der Waals surface area contributed by atoms with E-state index < -0.39 is 34.7 Å². The Balaban J connectivity index is 1.32. The highest BCUT2D eigenvalue weighted by Crippen LogP contribution is 2.45. The normalized spacial score (nSPS) is 14.2. The number of halogens is 3. The number of nitrogens with one attached hydrogen (secondary N) is 1. The maximum Gasteiger partial charge on any atom is 0.451 e. The Morgan fingerprint density at radius 3 is 2.46 bits per heavy atom. The van der Waals surface area contributed by atoms with Crippen molar-refractivity contribution in [1.82, 2.24) is 43.6 Å². The van der Waals surface area contributed by atoms with Gasteiger partial charge in [-0.3, -0.25) is 28.7 Å². The molecule has 0 aliphatic heterocycles. The summed E-state index contributed by atoms with van der Waals surface area (Å²) < 4.78 is 42.2. The molecule has 0 atom stereocenters. The maximum atomic E-state index is 13.6. The maximum absolute atomic E-state index is 13.6. The summed E-state index contributed by atoms with van der Waals surface area (Å²) in [5.41, 5.74) is -1.35. The van der Waals surface area contributed by atoms with Crippen LogP contribution in [0.5, 0.6) is 0 Å². The highest BCUT2D eigenvalue weighted by Gasteiger charge is 2.53. The fourth-order valence-corrected chi connectivity index (χ4v) is 4.49. The van der Waals surface area contributed by atoms with E-state index in [1.54, 1.807) is 24.4 Å². The van der Waals surface area contributed by atoms with Gasteiger partial charge in [0.05, 0.1) is 36.7 Å². The van der Waals surface area contributed by atoms with Crippen molar-refractivity contribution in [1.29, 1.82) is 0 Å². The summed E-state index contributed by atoms with van der Waals surface area (Å²) in [6.07, 6.45) is 3.48. The lowest BCUT2D eigenvalue weighted by molar-refractivity contribution is -0.145. The Morgan fingerprint density at radius 1 is 1.05 bits per heavy atom. The van der Waals surface area contributed by atoms with Crippen molar-refractivity contribution in [3.05, 3.63) is 87.9 Å². The van der Waals surface area contributed by atoms with Gasteiger partial charge in [-0.2, -0.15) is 13.2 Å². The molecule has 1 fully saturated rings. The van der Waals surface area contributed by atoms with Crippen LogP contribution in [-0.2, 0) is 30.1 Å². The average Bonchev–Trinajstić information content (AvgIpc) is 3.66. The van der Waals surface area contributed by atoms with Crippen molar-refractivity contribution in [2.45, 2.75) is 31.1 Å². The summed E-state index contributed by atoms with van der Waals surface area (Å²) in [6.45, 7) is -0.0668. The van der Waals surface area contributed by atoms with Gasteiger partial charge in [0.1, 0.15) is 5.54 Å². The minimum atomic E-state index is -4.69. The second kappa shape index (κ2) is 9.42. The van der Waals surface area contributed by atoms with Gasteiger partial charge in [-0.05, 0) is 25.0 Å². The average molecular weight is 564 g/mol. The highest BCUT2D eigenvalue weighted by molar-refractivity contribution is 5.99. The summed E-state index contributed by atoms with van der Waals surface area (Å²) in [5, 5.41) is 2.67. The molecular weight excluding hydrogens is 545 g/mol. The van der Waals surface area contributed by atoms with E-state index in [9.17, 15) is 27.6 Å². The topological polar surface area (TPSA) is 155 Å². The smallest absolute Gasteiger partial charge is 0.309 e. The van der Waals surface area contributed by atoms with Gasteiger partial charge < -0.3 is 9.88 Å². The Kier molecular flexibility index (Phi) is 5.97. The van der Waals surface area contributed by atoms with E-state index in [0.29, 0.717) is 18.5 Å². The quantitative estimate of drug-likeness (QED) is 0.325. The Hall–Kier alpha value is -5.28. The number of carbonyl (C=O) groups is 1. The number of amides is 1. The van der Waals surface area contributed by atoms with Crippen LogP contribution in [0.15, 0.2) is 65.1 Å². The molecule has 1 aliphatic rings. The van der Waals surface area contributed by atoms with Gasteiger partial charge in [0.15, 0.2) is 17.0 Å². The largest absolute Gasteiger partial charge is 0.451 e. The van der Waals surface area contributed by atoms with E-state index in [4.69, 9.17) is 0 Å². The second-order valence-electron chi connectivity index (χ2n) is 9.41. The fraction of sp³-hybridized carbons (Fsp3) is 0.240. The number of hydrogen-bond acceptors (Lipinski definition) is 9. The van der Waals surface area contributed by atoms with Crippen molar-refractivity contribution in [2.24, 2.45) is 7.05 Å². The Bertz CT molecular complexity index is 1910. The van der Waals surface area contributed by atoms with Gasteiger partial charge >= 0.3 is 11.9 Å². The van der Waals surface area contributed by atoms with Crippen molar-refractivity contribution in [3.8, 4) is 11.3 Å². The van der Waals surface area contributed by atoms with Gasteiger partial charge in [-0.1, -0.05) is 6.07 Å². The van der Waals surface area contributed by atoms with E-state index >= 15 is 0 Å². The van der Waals surface area contributed by atoms with E-state index in [1.165, 1.54) is 34.9 Å². The second-order valence-corrected chi connectivity index (χ2v) is 9.41. The van der Waals surface area contributed by atoms with Crippen molar-refractivity contribution in [2.75, 3.05) is 5.32 Å². The summed E-state index contributed by atoms with van der Waals surface area (Å²) in [5.74, 6) is -1.77. The van der Waals surface area contributed by atoms with Gasteiger partial charge in [0.2, 0.25) is 5.82 Å². The summed E-state index contributed by atoms with van der Waals surface area (Å²) in [7, 11) is 1.49. The number of imidazole rings is 1. The highest BCUT2D eigenvalue weighted by atomic mass is 19.4. The molecule has 0 unspecified atom stereocenters. The van der Waals surface area contributed by atoms with Crippen LogP contribution in [0.1, 0.15) is 24.4 Å². The third kappa shape index (κ3) is 4.52. The first-order valence-electron chi connectivity index (χ1n) is 12.2. The zero-order valence-corrected chi connectivity index (χ0v) is 21.2. The van der Waals surface area contributed by atoms with Crippen LogP contribution in [0.3, 0.4) is 0 Å². The number of alkyl halides is 3. The molecule has 0 radical (unpaired) electrons. The molecule has 16 heteroatoms. The number of aromatic nitrogens is 9. The Labute approximate surface area is 227 Å². The number of anilines is 1. The number of nitrogens with zero attached hydrogens (tertiary/aromatic N) is 9. The molecule has 1 amide bonds. The summed E-state index contributed by atoms with van der Waals surface area (Å²) in [4.78, 5) is 63.4. The molecule has 1 saturated carbocycles. The first-order valence-corrected chi connectivity index (χ1v) is 12.2. The third-order valence-corrected chi connectivity index (χ3v) is 6.76. The van der Waals surface area contributed by atoms with Crippen LogP contribution in [0.2, 0.25) is 0 Å². The SMILES string of the molecule is Cn1c(=O)n(Cc2ccccn2)c(=O)c2c1ncn2C1(C(=O)Nc2cncc(-c3cnc(C(F)(F)F)nc3)n2)CC1. The molecule has 208 valence electrons. The molecule has 0 spiro atoms. The summed E-state index contributed by atoms with van der Waals surface area (Å²) >= 11 is 0. The number of aryl methyl sites for hydroxylation is 1. The minimum Gasteiger partial charge on any atom is -0.309 e. The summed E-state index contributed by atoms with van der Waals surface area (Å²) in [6, 6.07) is 5.15. The van der Waals surface area contributed by atoms with E-state index in [0.717, 1.165) is 17.0 Å². The van der Waals surface area contributed by atoms with Gasteiger partial charge in [-0.25, -0.2) is 24.7 Å². The molecular formula is C25H19F3N10O3. The van der Waals surface area contributed by atoms with Crippen LogP contribution < -0.4 is 16.6 Å². The molecule has 13 nitrogen and oxygen atoms in total. The molecule has 5 aromatic heterocycles. The first-order chi connectivity index (χ1) is 19.6. The number of hydrogen-bond donors (Lipinski definition) is 1. The van der Waals surface area contributed by atoms with Crippen LogP contribution >= 0.6 is 0 Å². The lowest BCUT2D eigenvalue weighted by atomic mass is 10.2.